The standard InChI is InChI=1S/C6H4Cl2.C3H6O/c7-5-3-1-2-4-6(5)8;1-3(2)4/h1-4H;1-2H3. The number of benzene rings is 1. The second-order valence-electron chi connectivity index (χ2n) is 2.32. The summed E-state index contributed by atoms with van der Waals surface area (Å²) in [7, 11) is 0. The summed E-state index contributed by atoms with van der Waals surface area (Å²) in [6, 6.07) is 7.19. The van der Waals surface area contributed by atoms with Gasteiger partial charge in [-0.1, -0.05) is 35.3 Å². The van der Waals surface area contributed by atoms with Crippen molar-refractivity contribution in [2.75, 3.05) is 0 Å². The molecule has 0 fully saturated rings. The quantitative estimate of drug-likeness (QED) is 0.632. The lowest BCUT2D eigenvalue weighted by molar-refractivity contribution is -0.114. The van der Waals surface area contributed by atoms with Crippen molar-refractivity contribution in [1.29, 1.82) is 0 Å². The summed E-state index contributed by atoms with van der Waals surface area (Å²) in [4.78, 5) is 9.44. The van der Waals surface area contributed by atoms with Gasteiger partial charge in [0, 0.05) is 0 Å². The fraction of sp³-hybridized carbons (Fsp3) is 0.222. The predicted octanol–water partition coefficient (Wildman–Crippen LogP) is 3.59. The molecule has 1 rings (SSSR count). The summed E-state index contributed by atoms with van der Waals surface area (Å²) in [6.45, 7) is 3.06. The van der Waals surface area contributed by atoms with Gasteiger partial charge >= 0.3 is 0 Å². The maximum absolute atomic E-state index is 9.44. The van der Waals surface area contributed by atoms with Crippen LogP contribution in [0.2, 0.25) is 10.0 Å². The second-order valence-corrected chi connectivity index (χ2v) is 3.14. The van der Waals surface area contributed by atoms with E-state index in [0.717, 1.165) is 0 Å². The van der Waals surface area contributed by atoms with Crippen LogP contribution in [-0.2, 0) is 4.79 Å². The zero-order chi connectivity index (χ0) is 9.56. The Balaban J connectivity index is 0.000000261. The topological polar surface area (TPSA) is 17.1 Å². The lowest BCUT2D eigenvalue weighted by Gasteiger charge is -1.88. The van der Waals surface area contributed by atoms with Crippen LogP contribution < -0.4 is 0 Å². The highest BCUT2D eigenvalue weighted by Gasteiger charge is 1.89. The molecule has 12 heavy (non-hydrogen) atoms. The van der Waals surface area contributed by atoms with Crippen LogP contribution in [0.15, 0.2) is 24.3 Å². The van der Waals surface area contributed by atoms with E-state index in [0.29, 0.717) is 10.0 Å². The normalized spacial score (nSPS) is 8.33. The zero-order valence-corrected chi connectivity index (χ0v) is 8.49. The molecule has 0 aromatic heterocycles. The molecule has 0 heterocycles. The number of rotatable bonds is 0. The molecule has 0 aliphatic carbocycles. The van der Waals surface area contributed by atoms with Crippen molar-refractivity contribution in [2.45, 2.75) is 13.8 Å². The Hall–Kier alpha value is -0.530. The molecule has 0 saturated heterocycles. The van der Waals surface area contributed by atoms with Crippen LogP contribution in [0.4, 0.5) is 0 Å². The average molecular weight is 205 g/mol. The number of hydrogen-bond acceptors (Lipinski definition) is 1. The van der Waals surface area contributed by atoms with E-state index < -0.39 is 0 Å². The van der Waals surface area contributed by atoms with Gasteiger partial charge in [0.05, 0.1) is 10.0 Å². The minimum atomic E-state index is 0.167. The van der Waals surface area contributed by atoms with Gasteiger partial charge in [0.15, 0.2) is 0 Å². The summed E-state index contributed by atoms with van der Waals surface area (Å²) in [6.07, 6.45) is 0. The molecule has 0 bridgehead atoms. The predicted molar refractivity (Wildman–Crippen MR) is 52.8 cm³/mol. The van der Waals surface area contributed by atoms with Crippen LogP contribution in [-0.4, -0.2) is 5.78 Å². The van der Waals surface area contributed by atoms with Gasteiger partial charge in [-0.25, -0.2) is 0 Å². The van der Waals surface area contributed by atoms with Gasteiger partial charge < -0.3 is 4.79 Å². The Bertz CT molecular complexity index is 233. The lowest BCUT2D eigenvalue weighted by Crippen LogP contribution is -1.69. The molecule has 0 N–H and O–H groups in total. The minimum absolute atomic E-state index is 0.167. The van der Waals surface area contributed by atoms with Crippen molar-refractivity contribution in [3.05, 3.63) is 34.3 Å². The monoisotopic (exact) mass is 204 g/mol. The van der Waals surface area contributed by atoms with E-state index in [1.165, 1.54) is 13.8 Å². The van der Waals surface area contributed by atoms with Crippen molar-refractivity contribution >= 4 is 29.0 Å². The highest BCUT2D eigenvalue weighted by Crippen LogP contribution is 2.19. The largest absolute Gasteiger partial charge is 0.300 e. The Kier molecular flexibility index (Phi) is 5.77. The highest BCUT2D eigenvalue weighted by atomic mass is 35.5. The van der Waals surface area contributed by atoms with Gasteiger partial charge in [-0.05, 0) is 26.0 Å². The number of ketones is 1. The van der Waals surface area contributed by atoms with Gasteiger partial charge in [-0.2, -0.15) is 0 Å². The van der Waals surface area contributed by atoms with E-state index in [-0.39, 0.29) is 5.78 Å². The molecule has 66 valence electrons. The van der Waals surface area contributed by atoms with E-state index in [1.54, 1.807) is 12.1 Å². The van der Waals surface area contributed by atoms with Crippen molar-refractivity contribution < 1.29 is 4.79 Å². The fourth-order valence-corrected chi connectivity index (χ4v) is 0.711. The molecular formula is C9H10Cl2O. The van der Waals surface area contributed by atoms with E-state index >= 15 is 0 Å². The summed E-state index contributed by atoms with van der Waals surface area (Å²) in [5, 5.41) is 1.21. The number of carbonyl (C=O) groups is 1. The number of carbonyl (C=O) groups excluding carboxylic acids is 1. The van der Waals surface area contributed by atoms with Crippen LogP contribution in [0.5, 0.6) is 0 Å². The van der Waals surface area contributed by atoms with Crippen LogP contribution in [0, 0.1) is 0 Å². The lowest BCUT2D eigenvalue weighted by atomic mass is 10.4. The third kappa shape index (κ3) is 6.20. The number of hydrogen-bond donors (Lipinski definition) is 0. The van der Waals surface area contributed by atoms with Crippen molar-refractivity contribution in [3.63, 3.8) is 0 Å². The van der Waals surface area contributed by atoms with E-state index in [2.05, 4.69) is 0 Å². The van der Waals surface area contributed by atoms with Crippen molar-refractivity contribution in [2.24, 2.45) is 0 Å². The second kappa shape index (κ2) is 6.04. The van der Waals surface area contributed by atoms with Crippen LogP contribution in [0.25, 0.3) is 0 Å². The first-order valence-corrected chi connectivity index (χ1v) is 4.17. The molecule has 1 nitrogen and oxygen atoms in total. The third-order valence-electron chi connectivity index (χ3n) is 0.824. The Morgan fingerprint density at radius 2 is 1.33 bits per heavy atom. The van der Waals surface area contributed by atoms with Gasteiger partial charge in [-0.3, -0.25) is 0 Å². The van der Waals surface area contributed by atoms with Crippen molar-refractivity contribution in [1.82, 2.24) is 0 Å². The molecule has 0 unspecified atom stereocenters. The molecular weight excluding hydrogens is 195 g/mol. The average Bonchev–Trinajstić information content (AvgIpc) is 1.94. The Morgan fingerprint density at radius 3 is 1.50 bits per heavy atom. The molecule has 0 spiro atoms. The fourth-order valence-electron chi connectivity index (χ4n) is 0.439. The van der Waals surface area contributed by atoms with Crippen LogP contribution >= 0.6 is 23.2 Å². The molecule has 0 saturated carbocycles. The summed E-state index contributed by atoms with van der Waals surface area (Å²) in [5.74, 6) is 0.167. The minimum Gasteiger partial charge on any atom is -0.300 e. The van der Waals surface area contributed by atoms with Crippen molar-refractivity contribution in [3.8, 4) is 0 Å². The molecule has 0 aliphatic rings. The van der Waals surface area contributed by atoms with E-state index in [4.69, 9.17) is 23.2 Å². The molecule has 0 aliphatic heterocycles. The summed E-state index contributed by atoms with van der Waals surface area (Å²) < 4.78 is 0. The van der Waals surface area contributed by atoms with Gasteiger partial charge in [-0.15, -0.1) is 0 Å². The molecule has 0 atom stereocenters. The third-order valence-corrected chi connectivity index (χ3v) is 1.58. The summed E-state index contributed by atoms with van der Waals surface area (Å²) in [5.41, 5.74) is 0. The number of halogens is 2. The first-order valence-electron chi connectivity index (χ1n) is 3.41. The molecule has 1 aromatic rings. The molecule has 0 radical (unpaired) electrons. The SMILES string of the molecule is CC(C)=O.Clc1ccccc1Cl. The maximum Gasteiger partial charge on any atom is 0.126 e. The van der Waals surface area contributed by atoms with Gasteiger partial charge in [0.25, 0.3) is 0 Å². The Labute approximate surface area is 82.3 Å². The van der Waals surface area contributed by atoms with E-state index in [9.17, 15) is 4.79 Å². The maximum atomic E-state index is 9.44. The number of Topliss-reactive ketones (excluding diaryl/α,β-unsaturated/α-hetero) is 1. The van der Waals surface area contributed by atoms with Gasteiger partial charge in [0.1, 0.15) is 5.78 Å². The molecule has 3 heteroatoms. The Morgan fingerprint density at radius 1 is 1.08 bits per heavy atom. The first-order chi connectivity index (χ1) is 5.54. The van der Waals surface area contributed by atoms with Crippen LogP contribution in [0.3, 0.4) is 0 Å². The van der Waals surface area contributed by atoms with Gasteiger partial charge in [0.2, 0.25) is 0 Å². The van der Waals surface area contributed by atoms with Crippen LogP contribution in [0.1, 0.15) is 13.8 Å². The smallest absolute Gasteiger partial charge is 0.126 e. The summed E-state index contributed by atoms with van der Waals surface area (Å²) >= 11 is 11.2. The molecule has 0 amide bonds. The van der Waals surface area contributed by atoms with E-state index in [1.807, 2.05) is 12.1 Å². The highest BCUT2D eigenvalue weighted by molar-refractivity contribution is 6.41. The molecule has 1 aromatic carbocycles. The zero-order valence-electron chi connectivity index (χ0n) is 6.97. The first kappa shape index (κ1) is 11.5.